The Morgan fingerprint density at radius 3 is 2.60 bits per heavy atom. The van der Waals surface area contributed by atoms with Crippen LogP contribution in [-0.2, 0) is 9.53 Å². The average molecular weight is 351 g/mol. The number of allylic oxidation sites excluding steroid dienone is 4. The van der Waals surface area contributed by atoms with E-state index >= 15 is 0 Å². The van der Waals surface area contributed by atoms with Crippen LogP contribution in [0.4, 0.5) is 0 Å². The monoisotopic (exact) mass is 350 g/mol. The molecule has 1 rings (SSSR count). The van der Waals surface area contributed by atoms with E-state index in [1.54, 1.807) is 0 Å². The SMILES string of the molecule is CCCCCC(C)=CC(C)=C1CCCCCCC(CCCC(=O)O)O1. The van der Waals surface area contributed by atoms with Gasteiger partial charge in [-0.3, -0.25) is 4.79 Å². The van der Waals surface area contributed by atoms with Gasteiger partial charge >= 0.3 is 5.97 Å². The highest BCUT2D eigenvalue weighted by Crippen LogP contribution is 2.26. The van der Waals surface area contributed by atoms with E-state index < -0.39 is 5.97 Å². The number of carboxylic acid groups (broad SMARTS) is 1. The minimum atomic E-state index is -0.708. The Labute approximate surface area is 154 Å². The molecule has 1 heterocycles. The van der Waals surface area contributed by atoms with Crippen molar-refractivity contribution < 1.29 is 14.6 Å². The van der Waals surface area contributed by atoms with Gasteiger partial charge in [-0.05, 0) is 64.4 Å². The Bertz CT molecular complexity index is 448. The molecule has 0 aromatic rings. The molecule has 0 amide bonds. The minimum absolute atomic E-state index is 0.177. The van der Waals surface area contributed by atoms with Gasteiger partial charge in [0.25, 0.3) is 0 Å². The van der Waals surface area contributed by atoms with Gasteiger partial charge in [0.2, 0.25) is 0 Å². The van der Waals surface area contributed by atoms with Crippen LogP contribution in [0, 0.1) is 0 Å². The zero-order valence-electron chi connectivity index (χ0n) is 16.6. The molecule has 1 aliphatic rings. The fraction of sp³-hybridized carbons (Fsp3) is 0.773. The first kappa shape index (κ1) is 21.8. The molecule has 25 heavy (non-hydrogen) atoms. The molecular weight excluding hydrogens is 312 g/mol. The first-order valence-corrected chi connectivity index (χ1v) is 10.3. The Morgan fingerprint density at radius 1 is 1.12 bits per heavy atom. The van der Waals surface area contributed by atoms with Crippen LogP contribution in [-0.4, -0.2) is 17.2 Å². The Morgan fingerprint density at radius 2 is 1.88 bits per heavy atom. The fourth-order valence-corrected chi connectivity index (χ4v) is 3.48. The van der Waals surface area contributed by atoms with Crippen molar-refractivity contribution in [1.82, 2.24) is 0 Å². The third kappa shape index (κ3) is 10.4. The first-order chi connectivity index (χ1) is 12.0. The van der Waals surface area contributed by atoms with Crippen molar-refractivity contribution in [3.63, 3.8) is 0 Å². The number of hydrogen-bond acceptors (Lipinski definition) is 2. The normalized spacial score (nSPS) is 21.7. The van der Waals surface area contributed by atoms with Gasteiger partial charge in [0.1, 0.15) is 0 Å². The molecule has 0 saturated carbocycles. The van der Waals surface area contributed by atoms with Crippen LogP contribution < -0.4 is 0 Å². The van der Waals surface area contributed by atoms with Gasteiger partial charge in [0.05, 0.1) is 11.9 Å². The van der Waals surface area contributed by atoms with E-state index in [9.17, 15) is 4.79 Å². The van der Waals surface area contributed by atoms with Gasteiger partial charge in [-0.2, -0.15) is 0 Å². The van der Waals surface area contributed by atoms with E-state index in [1.807, 2.05) is 0 Å². The molecule has 0 aliphatic carbocycles. The molecule has 0 bridgehead atoms. The predicted molar refractivity (Wildman–Crippen MR) is 105 cm³/mol. The lowest BCUT2D eigenvalue weighted by atomic mass is 10.0. The molecule has 1 atom stereocenters. The largest absolute Gasteiger partial charge is 0.495 e. The summed E-state index contributed by atoms with van der Waals surface area (Å²) >= 11 is 0. The number of carboxylic acids is 1. The van der Waals surface area contributed by atoms with Crippen LogP contribution in [0.1, 0.15) is 104 Å². The Kier molecular flexibility index (Phi) is 11.3. The predicted octanol–water partition coefficient (Wildman–Crippen LogP) is 6.78. The van der Waals surface area contributed by atoms with Crippen LogP contribution in [0.5, 0.6) is 0 Å². The van der Waals surface area contributed by atoms with Gasteiger partial charge in [0, 0.05) is 12.8 Å². The summed E-state index contributed by atoms with van der Waals surface area (Å²) < 4.78 is 6.38. The quantitative estimate of drug-likeness (QED) is 0.466. The maximum absolute atomic E-state index is 10.8. The number of carbonyl (C=O) groups is 1. The summed E-state index contributed by atoms with van der Waals surface area (Å²) in [7, 11) is 0. The molecule has 1 fully saturated rings. The topological polar surface area (TPSA) is 46.5 Å². The molecule has 144 valence electrons. The molecule has 3 nitrogen and oxygen atoms in total. The molecule has 0 aromatic heterocycles. The maximum atomic E-state index is 10.8. The second-order valence-corrected chi connectivity index (χ2v) is 7.53. The van der Waals surface area contributed by atoms with Gasteiger partial charge in [-0.1, -0.05) is 44.3 Å². The highest BCUT2D eigenvalue weighted by atomic mass is 16.5. The van der Waals surface area contributed by atoms with E-state index in [4.69, 9.17) is 9.84 Å². The summed E-state index contributed by atoms with van der Waals surface area (Å²) in [6.07, 6.45) is 16.2. The summed E-state index contributed by atoms with van der Waals surface area (Å²) in [5.74, 6) is 0.428. The molecule has 0 spiro atoms. The molecule has 3 heteroatoms. The summed E-state index contributed by atoms with van der Waals surface area (Å²) in [5, 5.41) is 8.86. The van der Waals surface area contributed by atoms with Crippen molar-refractivity contribution in [3.05, 3.63) is 23.0 Å². The molecule has 0 aromatic carbocycles. The molecule has 1 N–H and O–H groups in total. The number of ether oxygens (including phenoxy) is 1. The molecule has 1 saturated heterocycles. The van der Waals surface area contributed by atoms with Crippen LogP contribution in [0.25, 0.3) is 0 Å². The van der Waals surface area contributed by atoms with E-state index in [-0.39, 0.29) is 12.5 Å². The third-order valence-corrected chi connectivity index (χ3v) is 4.98. The zero-order valence-corrected chi connectivity index (χ0v) is 16.6. The Hall–Kier alpha value is -1.25. The zero-order chi connectivity index (χ0) is 18.5. The lowest BCUT2D eigenvalue weighted by Gasteiger charge is -2.21. The van der Waals surface area contributed by atoms with Crippen molar-refractivity contribution in [2.24, 2.45) is 0 Å². The minimum Gasteiger partial charge on any atom is -0.495 e. The molecule has 1 unspecified atom stereocenters. The first-order valence-electron chi connectivity index (χ1n) is 10.3. The van der Waals surface area contributed by atoms with E-state index in [0.29, 0.717) is 6.42 Å². The second kappa shape index (κ2) is 13.0. The Balaban J connectivity index is 2.72. The van der Waals surface area contributed by atoms with Gasteiger partial charge in [-0.25, -0.2) is 0 Å². The summed E-state index contributed by atoms with van der Waals surface area (Å²) in [6, 6.07) is 0. The summed E-state index contributed by atoms with van der Waals surface area (Å²) in [6.45, 7) is 6.63. The standard InChI is InChI=1S/C22H38O3/c1-4-5-8-12-18(2)17-19(3)21-15-10-7-6-9-13-20(25-21)14-11-16-22(23)24/h17,20H,4-16H2,1-3H3,(H,23,24). The number of hydrogen-bond donors (Lipinski definition) is 1. The van der Waals surface area contributed by atoms with Crippen molar-refractivity contribution >= 4 is 5.97 Å². The smallest absolute Gasteiger partial charge is 0.303 e. The second-order valence-electron chi connectivity index (χ2n) is 7.53. The van der Waals surface area contributed by atoms with E-state index in [0.717, 1.165) is 25.0 Å². The lowest BCUT2D eigenvalue weighted by Crippen LogP contribution is -2.14. The van der Waals surface area contributed by atoms with Gasteiger partial charge in [-0.15, -0.1) is 0 Å². The average Bonchev–Trinajstić information content (AvgIpc) is 2.67. The third-order valence-electron chi connectivity index (χ3n) is 4.98. The van der Waals surface area contributed by atoms with Gasteiger partial charge < -0.3 is 9.84 Å². The van der Waals surface area contributed by atoms with Crippen molar-refractivity contribution in [2.45, 2.75) is 110 Å². The highest BCUT2D eigenvalue weighted by molar-refractivity contribution is 5.66. The molecule has 1 aliphatic heterocycles. The lowest BCUT2D eigenvalue weighted by molar-refractivity contribution is -0.137. The van der Waals surface area contributed by atoms with Crippen molar-refractivity contribution in [1.29, 1.82) is 0 Å². The van der Waals surface area contributed by atoms with Crippen LogP contribution in [0.3, 0.4) is 0 Å². The van der Waals surface area contributed by atoms with Crippen molar-refractivity contribution in [3.8, 4) is 0 Å². The van der Waals surface area contributed by atoms with E-state index in [1.165, 1.54) is 62.5 Å². The van der Waals surface area contributed by atoms with E-state index in [2.05, 4.69) is 26.8 Å². The van der Waals surface area contributed by atoms with Crippen LogP contribution >= 0.6 is 0 Å². The van der Waals surface area contributed by atoms with Crippen molar-refractivity contribution in [2.75, 3.05) is 0 Å². The number of aliphatic carboxylic acids is 1. The van der Waals surface area contributed by atoms with Gasteiger partial charge in [0.15, 0.2) is 0 Å². The molecule has 0 radical (unpaired) electrons. The summed E-state index contributed by atoms with van der Waals surface area (Å²) in [5.41, 5.74) is 2.70. The number of unbranched alkanes of at least 4 members (excludes halogenated alkanes) is 2. The highest BCUT2D eigenvalue weighted by Gasteiger charge is 2.16. The molecular formula is C22H38O3. The fourth-order valence-electron chi connectivity index (χ4n) is 3.48. The summed E-state index contributed by atoms with van der Waals surface area (Å²) in [4.78, 5) is 10.8. The number of rotatable bonds is 9. The van der Waals surface area contributed by atoms with Crippen LogP contribution in [0.15, 0.2) is 23.0 Å². The maximum Gasteiger partial charge on any atom is 0.303 e. The van der Waals surface area contributed by atoms with Crippen LogP contribution in [0.2, 0.25) is 0 Å².